The van der Waals surface area contributed by atoms with Crippen molar-refractivity contribution in [2.75, 3.05) is 13.2 Å². The number of ether oxygens (including phenoxy) is 1. The highest BCUT2D eigenvalue weighted by Gasteiger charge is 2.37. The minimum Gasteiger partial charge on any atom is -0.453 e. The van der Waals surface area contributed by atoms with Gasteiger partial charge in [0.05, 0.1) is 12.6 Å². The van der Waals surface area contributed by atoms with Gasteiger partial charge in [-0.05, 0) is 32.3 Å². The maximum absolute atomic E-state index is 11.3. The Hall–Kier alpha value is -1.13. The van der Waals surface area contributed by atoms with Crippen molar-refractivity contribution in [2.45, 2.75) is 45.3 Å². The average molecular weight is 251 g/mol. The molecule has 0 aromatic carbocycles. The first kappa shape index (κ1) is 13.3. The van der Waals surface area contributed by atoms with Gasteiger partial charge in [0.25, 0.3) is 0 Å². The predicted octanol–water partition coefficient (Wildman–Crippen LogP) is 2.22. The normalized spacial score (nSPS) is 29.7. The molecule has 100 valence electrons. The third-order valence-corrected chi connectivity index (χ3v) is 3.46. The molecule has 0 aliphatic carbocycles. The molecule has 0 radical (unpaired) electrons. The number of piperidine rings is 1. The minimum atomic E-state index is -0.225. The summed E-state index contributed by atoms with van der Waals surface area (Å²) in [4.78, 5) is 17.1. The summed E-state index contributed by atoms with van der Waals surface area (Å²) in [7, 11) is 0. The number of hydroxylamine groups is 2. The Bertz CT molecular complexity index is 362. The van der Waals surface area contributed by atoms with Gasteiger partial charge in [-0.2, -0.15) is 5.06 Å². The van der Waals surface area contributed by atoms with Gasteiger partial charge >= 0.3 is 5.97 Å². The Morgan fingerprint density at radius 2 is 2.39 bits per heavy atom. The van der Waals surface area contributed by atoms with Crippen LogP contribution in [0.3, 0.4) is 0 Å². The molecule has 0 aromatic heterocycles. The molecular formula is C14H21NO3. The molecule has 0 bridgehead atoms. The number of allylic oxidation sites excluding steroid dienone is 1. The first-order valence-corrected chi connectivity index (χ1v) is 6.62. The van der Waals surface area contributed by atoms with Crippen molar-refractivity contribution < 1.29 is 14.4 Å². The van der Waals surface area contributed by atoms with Crippen LogP contribution in [0, 0.1) is 0 Å². The van der Waals surface area contributed by atoms with Gasteiger partial charge in [0, 0.05) is 12.6 Å². The Kier molecular flexibility index (Phi) is 4.55. The van der Waals surface area contributed by atoms with E-state index in [-0.39, 0.29) is 18.1 Å². The predicted molar refractivity (Wildman–Crippen MR) is 68.7 cm³/mol. The first-order valence-electron chi connectivity index (χ1n) is 6.62. The molecule has 0 saturated carbocycles. The zero-order chi connectivity index (χ0) is 13.0. The summed E-state index contributed by atoms with van der Waals surface area (Å²) in [6.45, 7) is 5.41. The molecule has 2 aliphatic rings. The number of nitrogens with zero attached hydrogens (tertiary/aromatic N) is 1. The van der Waals surface area contributed by atoms with Gasteiger partial charge in [0.1, 0.15) is 6.10 Å². The van der Waals surface area contributed by atoms with E-state index < -0.39 is 0 Å². The third-order valence-electron chi connectivity index (χ3n) is 3.46. The number of cyclic esters (lactones) is 1. The number of hydrogen-bond donors (Lipinski definition) is 0. The van der Waals surface area contributed by atoms with Gasteiger partial charge in [0.2, 0.25) is 0 Å². The lowest BCUT2D eigenvalue weighted by Gasteiger charge is -2.37. The first-order chi connectivity index (χ1) is 8.72. The molecule has 0 amide bonds. The zero-order valence-electron chi connectivity index (χ0n) is 11.1. The molecule has 1 saturated heterocycles. The lowest BCUT2D eigenvalue weighted by atomic mass is 9.96. The molecule has 0 spiro atoms. The van der Waals surface area contributed by atoms with Crippen molar-refractivity contribution in [3.8, 4) is 0 Å². The molecule has 1 fully saturated rings. The summed E-state index contributed by atoms with van der Waals surface area (Å²) in [5.41, 5.74) is 1.01. The molecule has 0 N–H and O–H groups in total. The van der Waals surface area contributed by atoms with Gasteiger partial charge in [0.15, 0.2) is 0 Å². The van der Waals surface area contributed by atoms with Crippen molar-refractivity contribution in [2.24, 2.45) is 0 Å². The van der Waals surface area contributed by atoms with E-state index in [1.807, 2.05) is 31.1 Å². The molecule has 1 unspecified atom stereocenters. The fourth-order valence-corrected chi connectivity index (χ4v) is 2.53. The molecule has 2 aliphatic heterocycles. The maximum Gasteiger partial charge on any atom is 0.331 e. The Morgan fingerprint density at radius 1 is 1.56 bits per heavy atom. The van der Waals surface area contributed by atoms with Crippen molar-refractivity contribution in [1.29, 1.82) is 0 Å². The highest BCUT2D eigenvalue weighted by Crippen LogP contribution is 2.28. The average Bonchev–Trinajstić information content (AvgIpc) is 2.69. The lowest BCUT2D eigenvalue weighted by Crippen LogP contribution is -2.47. The summed E-state index contributed by atoms with van der Waals surface area (Å²) in [5, 5.41) is 1.99. The summed E-state index contributed by atoms with van der Waals surface area (Å²) in [6, 6.07) is 0.159. The molecule has 18 heavy (non-hydrogen) atoms. The molecule has 2 atom stereocenters. The monoisotopic (exact) mass is 251 g/mol. The van der Waals surface area contributed by atoms with Gasteiger partial charge in [-0.15, -0.1) is 0 Å². The van der Waals surface area contributed by atoms with E-state index in [1.54, 1.807) is 6.08 Å². The number of hydrogen-bond acceptors (Lipinski definition) is 4. The highest BCUT2D eigenvalue weighted by molar-refractivity contribution is 5.85. The topological polar surface area (TPSA) is 38.8 Å². The SMILES string of the molecule is C/C=C\CON1CCCC[C@@H]1C1OC(=O)C=C1C. The number of carbonyl (C=O) groups excluding carboxylic acids is 1. The second-order valence-corrected chi connectivity index (χ2v) is 4.81. The Balaban J connectivity index is 1.99. The third kappa shape index (κ3) is 3.00. The van der Waals surface area contributed by atoms with Crippen LogP contribution in [0.1, 0.15) is 33.1 Å². The van der Waals surface area contributed by atoms with Crippen molar-refractivity contribution in [3.63, 3.8) is 0 Å². The summed E-state index contributed by atoms with van der Waals surface area (Å²) in [6.07, 6.45) is 8.71. The van der Waals surface area contributed by atoms with Crippen LogP contribution in [0.4, 0.5) is 0 Å². The van der Waals surface area contributed by atoms with E-state index in [4.69, 9.17) is 9.57 Å². The largest absolute Gasteiger partial charge is 0.453 e. The van der Waals surface area contributed by atoms with Crippen LogP contribution < -0.4 is 0 Å². The van der Waals surface area contributed by atoms with Crippen LogP contribution in [0.25, 0.3) is 0 Å². The quantitative estimate of drug-likeness (QED) is 0.567. The van der Waals surface area contributed by atoms with E-state index in [1.165, 1.54) is 0 Å². The second-order valence-electron chi connectivity index (χ2n) is 4.81. The fourth-order valence-electron chi connectivity index (χ4n) is 2.53. The minimum absolute atomic E-state index is 0.136. The fraction of sp³-hybridized carbons (Fsp3) is 0.643. The standard InChI is InChI=1S/C14H21NO3/c1-3-4-9-17-15-8-6-5-7-12(15)14-11(2)10-13(16)18-14/h3-4,10,12,14H,5-9H2,1-2H3/b4-3-/t12-,14?/m1/s1. The van der Waals surface area contributed by atoms with E-state index >= 15 is 0 Å². The Labute approximate surface area is 108 Å². The van der Waals surface area contributed by atoms with Gasteiger partial charge in [-0.1, -0.05) is 18.6 Å². The number of carbonyl (C=O) groups is 1. The molecule has 2 rings (SSSR count). The smallest absolute Gasteiger partial charge is 0.331 e. The van der Waals surface area contributed by atoms with Crippen LogP contribution in [0.2, 0.25) is 0 Å². The molecule has 4 heteroatoms. The van der Waals surface area contributed by atoms with E-state index in [0.29, 0.717) is 6.61 Å². The Morgan fingerprint density at radius 3 is 3.06 bits per heavy atom. The van der Waals surface area contributed by atoms with E-state index in [9.17, 15) is 4.79 Å². The van der Waals surface area contributed by atoms with Crippen molar-refractivity contribution >= 4 is 5.97 Å². The van der Waals surface area contributed by atoms with E-state index in [0.717, 1.165) is 31.4 Å². The lowest BCUT2D eigenvalue weighted by molar-refractivity contribution is -0.208. The highest BCUT2D eigenvalue weighted by atomic mass is 16.7. The van der Waals surface area contributed by atoms with Crippen LogP contribution in [-0.4, -0.2) is 36.3 Å². The number of rotatable bonds is 4. The zero-order valence-corrected chi connectivity index (χ0v) is 11.1. The van der Waals surface area contributed by atoms with Crippen LogP contribution >= 0.6 is 0 Å². The van der Waals surface area contributed by atoms with Gasteiger partial charge in [-0.25, -0.2) is 4.79 Å². The molecular weight excluding hydrogens is 230 g/mol. The maximum atomic E-state index is 11.3. The van der Waals surface area contributed by atoms with Crippen molar-refractivity contribution in [1.82, 2.24) is 5.06 Å². The van der Waals surface area contributed by atoms with Crippen LogP contribution in [-0.2, 0) is 14.4 Å². The summed E-state index contributed by atoms with van der Waals surface area (Å²) >= 11 is 0. The molecule has 4 nitrogen and oxygen atoms in total. The van der Waals surface area contributed by atoms with Gasteiger partial charge < -0.3 is 4.74 Å². The number of esters is 1. The summed E-state index contributed by atoms with van der Waals surface area (Å²) in [5.74, 6) is -0.225. The molecule has 0 aromatic rings. The summed E-state index contributed by atoms with van der Waals surface area (Å²) < 4.78 is 5.38. The van der Waals surface area contributed by atoms with Gasteiger partial charge in [-0.3, -0.25) is 4.84 Å². The van der Waals surface area contributed by atoms with E-state index in [2.05, 4.69) is 0 Å². The van der Waals surface area contributed by atoms with Crippen molar-refractivity contribution in [3.05, 3.63) is 23.8 Å². The molecule has 2 heterocycles. The second kappa shape index (κ2) is 6.16. The van der Waals surface area contributed by atoms with Crippen LogP contribution in [0.15, 0.2) is 23.8 Å². The van der Waals surface area contributed by atoms with Crippen LogP contribution in [0.5, 0.6) is 0 Å².